The Morgan fingerprint density at radius 1 is 0.972 bits per heavy atom. The summed E-state index contributed by atoms with van der Waals surface area (Å²) in [6.45, 7) is 10.2. The second kappa shape index (κ2) is 13.4. The van der Waals surface area contributed by atoms with Gasteiger partial charge in [0.2, 0.25) is 21.8 Å². The Morgan fingerprint density at radius 3 is 2.17 bits per heavy atom. The van der Waals surface area contributed by atoms with Gasteiger partial charge in [-0.2, -0.15) is 0 Å². The number of nitrogens with one attached hydrogen (secondary N) is 1. The Bertz CT molecular complexity index is 1120. The standard InChI is InChI=1S/C28H41N3O4S/c1-7-23(5)29-28(33)25(8-2)30(20-24-17-15-21(3)16-18-24)27(32)14-11-19-31(36(6,34)35)26-13-10-9-12-22(26)4/h9-10,12-13,15-18,23,25H,7-8,11,14,19-20H2,1-6H3,(H,29,33)/t23-,25-/m0/s1. The molecule has 0 fully saturated rings. The molecule has 0 spiro atoms. The highest BCUT2D eigenvalue weighted by Crippen LogP contribution is 2.23. The van der Waals surface area contributed by atoms with Crippen molar-refractivity contribution >= 4 is 27.5 Å². The zero-order chi connectivity index (χ0) is 26.9. The SMILES string of the molecule is CC[C@H](C)NC(=O)[C@H](CC)N(Cc1ccc(C)cc1)C(=O)CCCN(c1ccccc1C)S(C)(=O)=O. The Labute approximate surface area is 216 Å². The third-order valence-corrected chi connectivity index (χ3v) is 7.58. The zero-order valence-electron chi connectivity index (χ0n) is 22.5. The molecule has 198 valence electrons. The van der Waals surface area contributed by atoms with Gasteiger partial charge in [0, 0.05) is 25.6 Å². The fraction of sp³-hybridized carbons (Fsp3) is 0.500. The highest BCUT2D eigenvalue weighted by molar-refractivity contribution is 7.92. The summed E-state index contributed by atoms with van der Waals surface area (Å²) in [5, 5.41) is 3.01. The van der Waals surface area contributed by atoms with Gasteiger partial charge in [-0.25, -0.2) is 8.42 Å². The lowest BCUT2D eigenvalue weighted by Gasteiger charge is -2.32. The average Bonchev–Trinajstić information content (AvgIpc) is 2.82. The smallest absolute Gasteiger partial charge is 0.243 e. The molecule has 0 heterocycles. The minimum absolute atomic E-state index is 0.0142. The van der Waals surface area contributed by atoms with Crippen molar-refractivity contribution in [2.24, 2.45) is 0 Å². The first-order valence-corrected chi connectivity index (χ1v) is 14.5. The van der Waals surface area contributed by atoms with E-state index in [0.29, 0.717) is 25.1 Å². The third-order valence-electron chi connectivity index (χ3n) is 6.40. The second-order valence-corrected chi connectivity index (χ2v) is 11.4. The topological polar surface area (TPSA) is 86.8 Å². The Balaban J connectivity index is 2.23. The van der Waals surface area contributed by atoms with E-state index in [-0.39, 0.29) is 30.8 Å². The minimum Gasteiger partial charge on any atom is -0.352 e. The highest BCUT2D eigenvalue weighted by atomic mass is 32.2. The van der Waals surface area contributed by atoms with Gasteiger partial charge in [-0.05, 0) is 57.2 Å². The molecule has 2 amide bonds. The Hall–Kier alpha value is -2.87. The van der Waals surface area contributed by atoms with Crippen LogP contribution in [-0.2, 0) is 26.2 Å². The first kappa shape index (κ1) is 29.4. The molecule has 0 aromatic heterocycles. The summed E-state index contributed by atoms with van der Waals surface area (Å²) in [6, 6.07) is 14.6. The third kappa shape index (κ3) is 8.36. The van der Waals surface area contributed by atoms with Crippen LogP contribution >= 0.6 is 0 Å². The number of hydrogen-bond acceptors (Lipinski definition) is 4. The maximum absolute atomic E-state index is 13.5. The van der Waals surface area contributed by atoms with Crippen molar-refractivity contribution in [1.82, 2.24) is 10.2 Å². The van der Waals surface area contributed by atoms with Gasteiger partial charge in [0.15, 0.2) is 0 Å². The number of benzene rings is 2. The molecule has 0 aliphatic rings. The number of rotatable bonds is 13. The Kier molecular flexibility index (Phi) is 11.0. The average molecular weight is 516 g/mol. The molecular formula is C28H41N3O4S. The van der Waals surface area contributed by atoms with Gasteiger partial charge in [0.1, 0.15) is 6.04 Å². The predicted octanol–water partition coefficient (Wildman–Crippen LogP) is 4.57. The van der Waals surface area contributed by atoms with E-state index in [9.17, 15) is 18.0 Å². The number of aryl methyl sites for hydroxylation is 2. The number of nitrogens with zero attached hydrogens (tertiary/aromatic N) is 2. The highest BCUT2D eigenvalue weighted by Gasteiger charge is 2.29. The van der Waals surface area contributed by atoms with Crippen LogP contribution < -0.4 is 9.62 Å². The molecule has 0 radical (unpaired) electrons. The number of anilines is 1. The summed E-state index contributed by atoms with van der Waals surface area (Å²) in [6.07, 6.45) is 2.94. The lowest BCUT2D eigenvalue weighted by atomic mass is 10.1. The number of amides is 2. The van der Waals surface area contributed by atoms with Crippen LogP contribution in [0.5, 0.6) is 0 Å². The van der Waals surface area contributed by atoms with Crippen molar-refractivity contribution in [3.05, 3.63) is 65.2 Å². The van der Waals surface area contributed by atoms with E-state index in [1.165, 1.54) is 10.6 Å². The molecule has 0 saturated carbocycles. The molecule has 1 N–H and O–H groups in total. The molecule has 0 saturated heterocycles. The van der Waals surface area contributed by atoms with Gasteiger partial charge < -0.3 is 10.2 Å². The second-order valence-electron chi connectivity index (χ2n) is 9.47. The van der Waals surface area contributed by atoms with Crippen LogP contribution in [0.4, 0.5) is 5.69 Å². The summed E-state index contributed by atoms with van der Waals surface area (Å²) in [5.74, 6) is -0.329. The molecule has 0 aliphatic carbocycles. The fourth-order valence-electron chi connectivity index (χ4n) is 4.08. The van der Waals surface area contributed by atoms with E-state index < -0.39 is 16.1 Å². The van der Waals surface area contributed by atoms with Gasteiger partial charge in [-0.3, -0.25) is 13.9 Å². The number of sulfonamides is 1. The summed E-state index contributed by atoms with van der Waals surface area (Å²) >= 11 is 0. The molecule has 0 unspecified atom stereocenters. The molecule has 2 rings (SSSR count). The van der Waals surface area contributed by atoms with Crippen LogP contribution in [0.15, 0.2) is 48.5 Å². The molecule has 8 heteroatoms. The van der Waals surface area contributed by atoms with Crippen LogP contribution in [0, 0.1) is 13.8 Å². The van der Waals surface area contributed by atoms with E-state index in [2.05, 4.69) is 5.32 Å². The summed E-state index contributed by atoms with van der Waals surface area (Å²) < 4.78 is 26.4. The van der Waals surface area contributed by atoms with Gasteiger partial charge in [-0.15, -0.1) is 0 Å². The summed E-state index contributed by atoms with van der Waals surface area (Å²) in [7, 11) is -3.52. The van der Waals surface area contributed by atoms with Crippen molar-refractivity contribution < 1.29 is 18.0 Å². The number of carbonyl (C=O) groups excluding carboxylic acids is 2. The van der Waals surface area contributed by atoms with Gasteiger partial charge in [-0.1, -0.05) is 61.9 Å². The lowest BCUT2D eigenvalue weighted by molar-refractivity contribution is -0.141. The number of carbonyl (C=O) groups is 2. The molecule has 2 aromatic carbocycles. The van der Waals surface area contributed by atoms with Crippen LogP contribution in [0.3, 0.4) is 0 Å². The molecule has 36 heavy (non-hydrogen) atoms. The maximum atomic E-state index is 13.5. The Morgan fingerprint density at radius 2 is 1.61 bits per heavy atom. The van der Waals surface area contributed by atoms with Crippen molar-refractivity contribution in [3.63, 3.8) is 0 Å². The summed E-state index contributed by atoms with van der Waals surface area (Å²) in [4.78, 5) is 28.2. The van der Waals surface area contributed by atoms with E-state index in [1.807, 2.05) is 71.0 Å². The van der Waals surface area contributed by atoms with Crippen LogP contribution in [0.2, 0.25) is 0 Å². The van der Waals surface area contributed by atoms with Gasteiger partial charge >= 0.3 is 0 Å². The predicted molar refractivity (Wildman–Crippen MR) is 146 cm³/mol. The minimum atomic E-state index is -3.52. The van der Waals surface area contributed by atoms with Crippen molar-refractivity contribution in [1.29, 1.82) is 0 Å². The maximum Gasteiger partial charge on any atom is 0.243 e. The van der Waals surface area contributed by atoms with Crippen molar-refractivity contribution in [2.45, 2.75) is 78.9 Å². The van der Waals surface area contributed by atoms with E-state index >= 15 is 0 Å². The van der Waals surface area contributed by atoms with Gasteiger partial charge in [0.25, 0.3) is 0 Å². The zero-order valence-corrected chi connectivity index (χ0v) is 23.3. The fourth-order valence-corrected chi connectivity index (χ4v) is 5.10. The normalized spacial score (nSPS) is 13.1. The van der Waals surface area contributed by atoms with E-state index in [4.69, 9.17) is 0 Å². The van der Waals surface area contributed by atoms with Crippen molar-refractivity contribution in [3.8, 4) is 0 Å². The monoisotopic (exact) mass is 515 g/mol. The first-order chi connectivity index (χ1) is 17.0. The summed E-state index contributed by atoms with van der Waals surface area (Å²) in [5.41, 5.74) is 3.53. The molecule has 0 aliphatic heterocycles. The first-order valence-electron chi connectivity index (χ1n) is 12.7. The van der Waals surface area contributed by atoms with Crippen molar-refractivity contribution in [2.75, 3.05) is 17.1 Å². The molecule has 7 nitrogen and oxygen atoms in total. The number of para-hydroxylation sites is 1. The van der Waals surface area contributed by atoms with Gasteiger partial charge in [0.05, 0.1) is 11.9 Å². The van der Waals surface area contributed by atoms with Crippen LogP contribution in [0.1, 0.15) is 63.1 Å². The quantitative estimate of drug-likeness (QED) is 0.423. The largest absolute Gasteiger partial charge is 0.352 e. The van der Waals surface area contributed by atoms with Crippen LogP contribution in [-0.4, -0.2) is 50.0 Å². The number of hydrogen-bond donors (Lipinski definition) is 1. The van der Waals surface area contributed by atoms with E-state index in [1.54, 1.807) is 17.0 Å². The molecular weight excluding hydrogens is 474 g/mol. The molecule has 2 atom stereocenters. The molecule has 2 aromatic rings. The van der Waals surface area contributed by atoms with Crippen LogP contribution in [0.25, 0.3) is 0 Å². The lowest BCUT2D eigenvalue weighted by Crippen LogP contribution is -2.50. The van der Waals surface area contributed by atoms with E-state index in [0.717, 1.165) is 23.1 Å². The molecule has 0 bridgehead atoms.